The number of pyridine rings is 1. The van der Waals surface area contributed by atoms with Gasteiger partial charge in [-0.15, -0.1) is 0 Å². The first-order valence-corrected chi connectivity index (χ1v) is 13.3. The van der Waals surface area contributed by atoms with Crippen molar-refractivity contribution in [2.24, 2.45) is 0 Å². The first-order valence-electron chi connectivity index (χ1n) is 12.5. The summed E-state index contributed by atoms with van der Waals surface area (Å²) in [4.78, 5) is 2.37. The van der Waals surface area contributed by atoms with Crippen LogP contribution in [0, 0.1) is 0 Å². The number of hydrogen-bond acceptors (Lipinski definition) is 1. The molecule has 0 saturated carbocycles. The van der Waals surface area contributed by atoms with Crippen LogP contribution in [-0.4, -0.2) is 4.40 Å². The Kier molecular flexibility index (Phi) is 4.40. The minimum absolute atomic E-state index is 1.13. The summed E-state index contributed by atoms with van der Waals surface area (Å²) >= 11 is 3.86. The van der Waals surface area contributed by atoms with Gasteiger partial charge in [-0.25, -0.2) is 0 Å². The fourth-order valence-electron chi connectivity index (χ4n) is 6.08. The Morgan fingerprint density at radius 2 is 1.08 bits per heavy atom. The first kappa shape index (κ1) is 20.8. The van der Waals surface area contributed by atoms with Crippen molar-refractivity contribution in [1.82, 2.24) is 4.40 Å². The van der Waals surface area contributed by atoms with Crippen LogP contribution in [0.15, 0.2) is 132 Å². The molecule has 0 spiro atoms. The highest BCUT2D eigenvalue weighted by molar-refractivity contribution is 9.10. The zero-order valence-electron chi connectivity index (χ0n) is 19.9. The van der Waals surface area contributed by atoms with Gasteiger partial charge < -0.3 is 9.30 Å². The zero-order valence-corrected chi connectivity index (χ0v) is 21.5. The molecule has 0 bridgehead atoms. The number of rotatable bonds is 3. The number of fused-ring (bicyclic) bond motifs is 6. The summed E-state index contributed by atoms with van der Waals surface area (Å²) in [7, 11) is 0. The summed E-state index contributed by atoms with van der Waals surface area (Å²) in [5.41, 5.74) is 7.19. The van der Waals surface area contributed by atoms with Gasteiger partial charge in [0.25, 0.3) is 0 Å². The van der Waals surface area contributed by atoms with Gasteiger partial charge in [0.05, 0.1) is 22.2 Å². The normalized spacial score (nSPS) is 11.9. The molecule has 0 aliphatic heterocycles. The van der Waals surface area contributed by atoms with Gasteiger partial charge in [-0.05, 0) is 53.9 Å². The van der Waals surface area contributed by atoms with Gasteiger partial charge in [0.15, 0.2) is 0 Å². The molecule has 0 atom stereocenters. The lowest BCUT2D eigenvalue weighted by molar-refractivity contribution is 1.30. The van der Waals surface area contributed by atoms with Crippen LogP contribution in [-0.2, 0) is 0 Å². The maximum Gasteiger partial charge on any atom is 0.0627 e. The minimum Gasteiger partial charge on any atom is -0.310 e. The Morgan fingerprint density at radius 3 is 1.84 bits per heavy atom. The average molecular weight is 537 g/mol. The summed E-state index contributed by atoms with van der Waals surface area (Å²) in [6.07, 6.45) is 0. The lowest BCUT2D eigenvalue weighted by Crippen LogP contribution is -2.10. The predicted molar refractivity (Wildman–Crippen MR) is 161 cm³/mol. The van der Waals surface area contributed by atoms with E-state index in [0.29, 0.717) is 0 Å². The number of aromatic nitrogens is 1. The van der Waals surface area contributed by atoms with Gasteiger partial charge in [-0.2, -0.15) is 0 Å². The molecule has 0 radical (unpaired) electrons. The lowest BCUT2D eigenvalue weighted by atomic mass is 9.96. The SMILES string of the molecule is Brc1cccc2c1c1ccc3c(N(c4ccccc4)c4ccccc4)ccc4c5ccccc5n2c1c34. The van der Waals surface area contributed by atoms with Crippen molar-refractivity contribution in [1.29, 1.82) is 0 Å². The fourth-order valence-corrected chi connectivity index (χ4v) is 6.65. The second-order valence-corrected chi connectivity index (χ2v) is 10.4. The second-order valence-electron chi connectivity index (χ2n) is 9.51. The molecule has 0 aliphatic rings. The van der Waals surface area contributed by atoms with Gasteiger partial charge >= 0.3 is 0 Å². The van der Waals surface area contributed by atoms with Crippen LogP contribution in [0.3, 0.4) is 0 Å². The van der Waals surface area contributed by atoms with Crippen molar-refractivity contribution in [2.45, 2.75) is 0 Å². The van der Waals surface area contributed by atoms with E-state index >= 15 is 0 Å². The molecule has 2 nitrogen and oxygen atoms in total. The maximum atomic E-state index is 3.86. The van der Waals surface area contributed by atoms with Gasteiger partial charge in [-0.1, -0.05) is 94.8 Å². The van der Waals surface area contributed by atoms with Gasteiger partial charge in [0.1, 0.15) is 0 Å². The highest BCUT2D eigenvalue weighted by Gasteiger charge is 2.22. The molecule has 37 heavy (non-hydrogen) atoms. The molecule has 0 aliphatic carbocycles. The summed E-state index contributed by atoms with van der Waals surface area (Å²) in [5, 5.41) is 7.63. The van der Waals surface area contributed by atoms with Crippen molar-refractivity contribution >= 4 is 81.9 Å². The van der Waals surface area contributed by atoms with E-state index in [1.807, 2.05) is 0 Å². The Balaban J connectivity index is 1.59. The highest BCUT2D eigenvalue weighted by Crippen LogP contribution is 2.47. The highest BCUT2D eigenvalue weighted by atomic mass is 79.9. The number of para-hydroxylation sites is 3. The molecule has 3 heteroatoms. The van der Waals surface area contributed by atoms with E-state index in [4.69, 9.17) is 0 Å². The largest absolute Gasteiger partial charge is 0.310 e. The number of hydrogen-bond donors (Lipinski definition) is 0. The third-order valence-corrected chi connectivity index (χ3v) is 8.22. The maximum absolute atomic E-state index is 3.86. The quantitative estimate of drug-likeness (QED) is 0.161. The van der Waals surface area contributed by atoms with Crippen LogP contribution < -0.4 is 4.90 Å². The first-order chi connectivity index (χ1) is 18.3. The predicted octanol–water partition coefficient (Wildman–Crippen LogP) is 10.2. The van der Waals surface area contributed by atoms with Crippen LogP contribution in [0.4, 0.5) is 17.1 Å². The van der Waals surface area contributed by atoms with E-state index in [2.05, 4.69) is 153 Å². The monoisotopic (exact) mass is 536 g/mol. The van der Waals surface area contributed by atoms with Crippen molar-refractivity contribution in [3.05, 3.63) is 132 Å². The molecule has 2 aromatic heterocycles. The summed E-state index contributed by atoms with van der Waals surface area (Å²) < 4.78 is 3.58. The van der Waals surface area contributed by atoms with Gasteiger partial charge in [-0.3, -0.25) is 0 Å². The third kappa shape index (κ3) is 2.86. The molecule has 0 saturated heterocycles. The van der Waals surface area contributed by atoms with Crippen molar-refractivity contribution in [3.8, 4) is 0 Å². The minimum atomic E-state index is 1.13. The molecule has 8 aromatic rings. The molecular formula is C34H21BrN2. The van der Waals surface area contributed by atoms with E-state index in [9.17, 15) is 0 Å². The number of nitrogens with zero attached hydrogens (tertiary/aromatic N) is 2. The van der Waals surface area contributed by atoms with Crippen LogP contribution in [0.5, 0.6) is 0 Å². The van der Waals surface area contributed by atoms with Gasteiger partial charge in [0, 0.05) is 42.8 Å². The van der Waals surface area contributed by atoms with E-state index < -0.39 is 0 Å². The van der Waals surface area contributed by atoms with E-state index in [1.165, 1.54) is 54.6 Å². The van der Waals surface area contributed by atoms with E-state index in [1.54, 1.807) is 0 Å². The topological polar surface area (TPSA) is 7.65 Å². The average Bonchev–Trinajstić information content (AvgIpc) is 3.31. The fraction of sp³-hybridized carbons (Fsp3) is 0. The van der Waals surface area contributed by atoms with Crippen molar-refractivity contribution in [3.63, 3.8) is 0 Å². The Morgan fingerprint density at radius 1 is 0.459 bits per heavy atom. The summed E-state index contributed by atoms with van der Waals surface area (Å²) in [5.74, 6) is 0. The Hall–Kier alpha value is -4.34. The number of anilines is 3. The molecule has 0 N–H and O–H groups in total. The van der Waals surface area contributed by atoms with Crippen molar-refractivity contribution < 1.29 is 0 Å². The standard InChI is InChI=1S/C34H21BrN2/c35-28-15-9-17-31-33(28)27-19-18-26-30(36(22-10-3-1-4-11-22)23-12-5-2-6-13-23)21-20-25-24-14-7-8-16-29(24)37(31)34(27)32(25)26/h1-21H. The molecular weight excluding hydrogens is 516 g/mol. The summed E-state index contributed by atoms with van der Waals surface area (Å²) in [6.45, 7) is 0. The smallest absolute Gasteiger partial charge is 0.0627 e. The molecule has 174 valence electrons. The van der Waals surface area contributed by atoms with Crippen LogP contribution in [0.25, 0.3) is 48.9 Å². The van der Waals surface area contributed by atoms with E-state index in [0.717, 1.165) is 15.8 Å². The van der Waals surface area contributed by atoms with Gasteiger partial charge in [0.2, 0.25) is 0 Å². The second kappa shape index (κ2) is 7.83. The van der Waals surface area contributed by atoms with E-state index in [-0.39, 0.29) is 0 Å². The Labute approximate surface area is 222 Å². The number of benzene rings is 6. The molecule has 0 amide bonds. The Bertz CT molecular complexity index is 2050. The molecule has 2 heterocycles. The van der Waals surface area contributed by atoms with Crippen LogP contribution >= 0.6 is 15.9 Å². The molecule has 0 unspecified atom stereocenters. The van der Waals surface area contributed by atoms with Crippen LogP contribution in [0.2, 0.25) is 0 Å². The molecule has 8 rings (SSSR count). The lowest BCUT2D eigenvalue weighted by Gasteiger charge is -2.27. The third-order valence-electron chi connectivity index (χ3n) is 7.56. The van der Waals surface area contributed by atoms with Crippen LogP contribution in [0.1, 0.15) is 0 Å². The summed E-state index contributed by atoms with van der Waals surface area (Å²) in [6, 6.07) is 45.8. The number of halogens is 1. The zero-order chi connectivity index (χ0) is 24.5. The molecule has 6 aromatic carbocycles. The molecule has 0 fully saturated rings. The van der Waals surface area contributed by atoms with Crippen molar-refractivity contribution in [2.75, 3.05) is 4.90 Å².